The van der Waals surface area contributed by atoms with Crippen molar-refractivity contribution < 1.29 is 27.9 Å². The Hall–Kier alpha value is -8.42. The van der Waals surface area contributed by atoms with E-state index in [4.69, 9.17) is 29.8 Å². The molecule has 10 aromatic rings. The van der Waals surface area contributed by atoms with Gasteiger partial charge >= 0.3 is 11.9 Å². The Morgan fingerprint density at radius 3 is 1.71 bits per heavy atom. The van der Waals surface area contributed by atoms with E-state index >= 15 is 0 Å². The van der Waals surface area contributed by atoms with E-state index in [1.54, 1.807) is 36.7 Å². The number of esters is 2. The molecule has 8 heterocycles. The zero-order chi connectivity index (χ0) is 39.9. The average Bonchev–Trinajstić information content (AvgIpc) is 4.10. The lowest BCUT2D eigenvalue weighted by molar-refractivity contribution is -0.144. The first-order valence-corrected chi connectivity index (χ1v) is 17.5. The number of fused-ring (bicyclic) bond motifs is 6. The Morgan fingerprint density at radius 1 is 0.621 bits per heavy atom. The molecule has 0 aliphatic heterocycles. The second kappa shape index (κ2) is 14.3. The number of carbonyl (C=O) groups excluding carboxylic acids is 2. The van der Waals surface area contributed by atoms with Gasteiger partial charge in [0.05, 0.1) is 43.7 Å². The molecule has 4 N–H and O–H groups in total. The van der Waals surface area contributed by atoms with Gasteiger partial charge in [0.25, 0.3) is 0 Å². The minimum Gasteiger partial charge on any atom is -0.467 e. The summed E-state index contributed by atoms with van der Waals surface area (Å²) in [4.78, 5) is 42.9. The monoisotopic (exact) mass is 778 g/mol. The zero-order valence-corrected chi connectivity index (χ0v) is 30.5. The van der Waals surface area contributed by atoms with Crippen molar-refractivity contribution in [3.63, 3.8) is 0 Å². The van der Waals surface area contributed by atoms with Gasteiger partial charge < -0.3 is 29.8 Å². The van der Waals surface area contributed by atoms with Crippen molar-refractivity contribution in [1.29, 1.82) is 0 Å². The van der Waals surface area contributed by atoms with Crippen LogP contribution in [0.4, 0.5) is 11.9 Å². The molecule has 8 aromatic heterocycles. The van der Waals surface area contributed by atoms with E-state index < -0.39 is 24.0 Å². The second-order valence-corrected chi connectivity index (χ2v) is 12.6. The highest BCUT2D eigenvalue weighted by molar-refractivity contribution is 5.92. The summed E-state index contributed by atoms with van der Waals surface area (Å²) < 4.78 is 26.5. The third-order valence-electron chi connectivity index (χ3n) is 9.12. The molecule has 0 saturated heterocycles. The molecule has 2 atom stereocenters. The smallest absolute Gasteiger partial charge is 0.335 e. The number of furan rings is 2. The van der Waals surface area contributed by atoms with E-state index in [1.165, 1.54) is 45.1 Å². The maximum Gasteiger partial charge on any atom is 0.335 e. The summed E-state index contributed by atoms with van der Waals surface area (Å²) >= 11 is 0. The van der Waals surface area contributed by atoms with Crippen molar-refractivity contribution >= 4 is 57.2 Å². The largest absolute Gasteiger partial charge is 0.467 e. The Kier molecular flexibility index (Phi) is 8.72. The van der Waals surface area contributed by atoms with Crippen molar-refractivity contribution in [1.82, 2.24) is 58.7 Å². The fraction of sp³-hybridized carbons (Fsp3) is 0.105. The number of hydrogen-bond donors (Lipinski definition) is 2. The molecule has 0 amide bonds. The molecule has 20 nitrogen and oxygen atoms in total. The average molecular weight is 779 g/mol. The van der Waals surface area contributed by atoms with Gasteiger partial charge in [-0.05, 0) is 35.4 Å². The van der Waals surface area contributed by atoms with Crippen LogP contribution in [0.15, 0.2) is 119 Å². The van der Waals surface area contributed by atoms with E-state index in [0.29, 0.717) is 62.1 Å². The van der Waals surface area contributed by atoms with Crippen LogP contribution >= 0.6 is 0 Å². The number of benzene rings is 2. The molecule has 2 unspecified atom stereocenters. The molecule has 0 bridgehead atoms. The molecule has 0 saturated carbocycles. The zero-order valence-electron chi connectivity index (χ0n) is 30.5. The van der Waals surface area contributed by atoms with Gasteiger partial charge in [0.2, 0.25) is 23.5 Å². The molecule has 0 radical (unpaired) electrons. The lowest BCUT2D eigenvalue weighted by atomic mass is 10.1. The van der Waals surface area contributed by atoms with Crippen LogP contribution in [0.3, 0.4) is 0 Å². The lowest BCUT2D eigenvalue weighted by Crippen LogP contribution is -2.23. The number of anilines is 2. The Morgan fingerprint density at radius 2 is 1.16 bits per heavy atom. The normalized spacial score (nSPS) is 12.4. The summed E-state index contributed by atoms with van der Waals surface area (Å²) in [6.07, 6.45) is 6.34. The van der Waals surface area contributed by atoms with Crippen molar-refractivity contribution in [3.8, 4) is 23.2 Å². The summed E-state index contributed by atoms with van der Waals surface area (Å²) in [5, 5.41) is 18.8. The lowest BCUT2D eigenvalue weighted by Gasteiger charge is -2.16. The number of carbonyl (C=O) groups is 2. The Balaban J connectivity index is 0.000000150. The summed E-state index contributed by atoms with van der Waals surface area (Å²) in [5.74, 6) is 1.06. The van der Waals surface area contributed by atoms with Crippen LogP contribution in [-0.4, -0.2) is 84.9 Å². The highest BCUT2D eigenvalue weighted by Crippen LogP contribution is 2.29. The Bertz CT molecular complexity index is 2990. The number of nitrogens with two attached hydrogens (primary N) is 2. The molecule has 20 heteroatoms. The second-order valence-electron chi connectivity index (χ2n) is 12.6. The first-order chi connectivity index (χ1) is 28.3. The molecular weight excluding hydrogens is 749 g/mol. The number of methoxy groups -OCH3 is 2. The van der Waals surface area contributed by atoms with E-state index in [2.05, 4.69) is 40.3 Å². The fourth-order valence-electron chi connectivity index (χ4n) is 6.46. The molecule has 288 valence electrons. The minimum absolute atomic E-state index is 0.108. The van der Waals surface area contributed by atoms with Crippen LogP contribution in [0.5, 0.6) is 0 Å². The topological polar surface area (TPSA) is 253 Å². The molecule has 0 spiro atoms. The SMILES string of the molecule is COC(=O)C(c1ccccc1)n1cc2c(nc(N)n3nc(-c4ccco4)nc23)n1.COC(=O)C(c1ccccc1)n1ncc2c1nc(N)n1nc(-c3ccco3)nc21. The number of nitrogens with zero attached hydrogens (tertiary/aromatic N) is 12. The summed E-state index contributed by atoms with van der Waals surface area (Å²) in [6.45, 7) is 0. The van der Waals surface area contributed by atoms with Crippen LogP contribution in [0.25, 0.3) is 56.5 Å². The summed E-state index contributed by atoms with van der Waals surface area (Å²) in [6, 6.07) is 23.8. The summed E-state index contributed by atoms with van der Waals surface area (Å²) in [5.41, 5.74) is 15.3. The van der Waals surface area contributed by atoms with Crippen LogP contribution in [0, 0.1) is 0 Å². The minimum atomic E-state index is -0.819. The van der Waals surface area contributed by atoms with Crippen molar-refractivity contribution in [2.75, 3.05) is 25.7 Å². The predicted molar refractivity (Wildman–Crippen MR) is 206 cm³/mol. The van der Waals surface area contributed by atoms with Crippen LogP contribution in [0.1, 0.15) is 23.2 Å². The highest BCUT2D eigenvalue weighted by Gasteiger charge is 2.29. The number of nitrogen functional groups attached to an aromatic ring is 2. The maximum atomic E-state index is 12.6. The van der Waals surface area contributed by atoms with Gasteiger partial charge in [0, 0.05) is 6.20 Å². The van der Waals surface area contributed by atoms with E-state index in [-0.39, 0.29) is 11.9 Å². The third kappa shape index (κ3) is 6.05. The fourth-order valence-corrected chi connectivity index (χ4v) is 6.46. The number of rotatable bonds is 8. The quantitative estimate of drug-likeness (QED) is 0.205. The van der Waals surface area contributed by atoms with Gasteiger partial charge in [0.1, 0.15) is 0 Å². The number of aromatic nitrogens is 12. The van der Waals surface area contributed by atoms with E-state index in [0.717, 1.165) is 5.56 Å². The van der Waals surface area contributed by atoms with Crippen LogP contribution < -0.4 is 11.5 Å². The first kappa shape index (κ1) is 35.3. The standard InChI is InChI=1S/2C19H15N7O3/c1-28-18(27)14(11-6-3-2-4-7-11)25-17-12(10-21-25)16-22-15(13-8-5-9-29-13)24-26(16)19(20)23-17;1-28-18(27)14(11-6-3-2-4-7-11)25-10-12-15(23-25)22-19(20)26-17(12)21-16(24-26)13-8-5-9-29-13/h2-10,14H,1H3,(H2,20,23);2-10,14H,1H3,(H2,20,22,23). The van der Waals surface area contributed by atoms with Crippen molar-refractivity contribution in [3.05, 3.63) is 121 Å². The van der Waals surface area contributed by atoms with E-state index in [1.807, 2.05) is 60.7 Å². The number of ether oxygens (including phenoxy) is 2. The van der Waals surface area contributed by atoms with Crippen LogP contribution in [0.2, 0.25) is 0 Å². The molecule has 0 aliphatic carbocycles. The highest BCUT2D eigenvalue weighted by atomic mass is 16.5. The van der Waals surface area contributed by atoms with Crippen molar-refractivity contribution in [2.24, 2.45) is 0 Å². The molecule has 10 rings (SSSR count). The van der Waals surface area contributed by atoms with Gasteiger partial charge in [-0.15, -0.1) is 10.2 Å². The summed E-state index contributed by atoms with van der Waals surface area (Å²) in [7, 11) is 2.67. The van der Waals surface area contributed by atoms with Gasteiger partial charge in [-0.1, -0.05) is 60.7 Å². The third-order valence-corrected chi connectivity index (χ3v) is 9.12. The van der Waals surface area contributed by atoms with Crippen LogP contribution in [-0.2, 0) is 19.1 Å². The van der Waals surface area contributed by atoms with Crippen molar-refractivity contribution in [2.45, 2.75) is 12.1 Å². The molecule has 0 aliphatic rings. The van der Waals surface area contributed by atoms with E-state index in [9.17, 15) is 9.59 Å². The number of hydrogen-bond acceptors (Lipinski definition) is 16. The molecular formula is C38H30N14O6. The molecule has 58 heavy (non-hydrogen) atoms. The molecule has 0 fully saturated rings. The Labute approximate surface area is 325 Å². The predicted octanol–water partition coefficient (Wildman–Crippen LogP) is 4.16. The molecule has 2 aromatic carbocycles. The van der Waals surface area contributed by atoms with Gasteiger partial charge in [0.15, 0.2) is 46.2 Å². The first-order valence-electron chi connectivity index (χ1n) is 17.5. The maximum absolute atomic E-state index is 12.6. The van der Waals surface area contributed by atoms with Gasteiger partial charge in [-0.3, -0.25) is 4.68 Å². The van der Waals surface area contributed by atoms with Gasteiger partial charge in [-0.25, -0.2) is 24.2 Å². The van der Waals surface area contributed by atoms with Gasteiger partial charge in [-0.2, -0.15) is 29.2 Å².